The van der Waals surface area contributed by atoms with E-state index >= 15 is 0 Å². The second kappa shape index (κ2) is 6.14. The van der Waals surface area contributed by atoms with E-state index in [0.29, 0.717) is 0 Å². The van der Waals surface area contributed by atoms with Gasteiger partial charge in [0, 0.05) is 18.3 Å². The van der Waals surface area contributed by atoms with Crippen LogP contribution in [0.3, 0.4) is 0 Å². The molecule has 2 nitrogen and oxygen atoms in total. The van der Waals surface area contributed by atoms with Gasteiger partial charge in [-0.05, 0) is 23.8 Å². The Morgan fingerprint density at radius 3 is 1.86 bits per heavy atom. The van der Waals surface area contributed by atoms with Crippen molar-refractivity contribution >= 4 is 17.1 Å². The summed E-state index contributed by atoms with van der Waals surface area (Å²) in [5.41, 5.74) is 5.67. The monoisotopic (exact) mass is 274 g/mol. The number of benzene rings is 3. The zero-order valence-corrected chi connectivity index (χ0v) is 12.0. The number of rotatable bonds is 4. The van der Waals surface area contributed by atoms with E-state index in [2.05, 4.69) is 71.3 Å². The van der Waals surface area contributed by atoms with Gasteiger partial charge in [0.05, 0.1) is 11.4 Å². The average molecular weight is 274 g/mol. The molecule has 2 heteroatoms. The van der Waals surface area contributed by atoms with Gasteiger partial charge in [-0.15, -0.1) is 0 Å². The van der Waals surface area contributed by atoms with Gasteiger partial charge in [0.25, 0.3) is 0 Å². The zero-order valence-electron chi connectivity index (χ0n) is 12.0. The van der Waals surface area contributed by atoms with Crippen molar-refractivity contribution in [2.45, 2.75) is 0 Å². The molecule has 0 saturated carbocycles. The first kappa shape index (κ1) is 13.3. The van der Waals surface area contributed by atoms with Crippen LogP contribution in [0.2, 0.25) is 0 Å². The molecule has 0 heterocycles. The van der Waals surface area contributed by atoms with Crippen molar-refractivity contribution in [3.8, 4) is 11.1 Å². The predicted octanol–water partition coefficient (Wildman–Crippen LogP) is 5.14. The lowest BCUT2D eigenvalue weighted by atomic mass is 10.0. The van der Waals surface area contributed by atoms with Gasteiger partial charge in [-0.2, -0.15) is 0 Å². The second-order valence-electron chi connectivity index (χ2n) is 4.83. The first-order valence-electron chi connectivity index (χ1n) is 7.07. The van der Waals surface area contributed by atoms with Crippen LogP contribution in [0.4, 0.5) is 17.1 Å². The fraction of sp³-hybridized carbons (Fsp3) is 0.0526. The van der Waals surface area contributed by atoms with Crippen molar-refractivity contribution in [1.29, 1.82) is 0 Å². The van der Waals surface area contributed by atoms with Crippen molar-refractivity contribution in [3.63, 3.8) is 0 Å². The maximum Gasteiger partial charge on any atom is 0.0620 e. The molecular formula is C19H18N2. The van der Waals surface area contributed by atoms with Gasteiger partial charge >= 0.3 is 0 Å². The lowest BCUT2D eigenvalue weighted by Gasteiger charge is -2.15. The number of anilines is 3. The number of nitrogens with one attached hydrogen (secondary N) is 2. The highest BCUT2D eigenvalue weighted by Crippen LogP contribution is 2.32. The van der Waals surface area contributed by atoms with Crippen LogP contribution in [0, 0.1) is 0 Å². The predicted molar refractivity (Wildman–Crippen MR) is 91.1 cm³/mol. The van der Waals surface area contributed by atoms with Gasteiger partial charge in [0.2, 0.25) is 0 Å². The summed E-state index contributed by atoms with van der Waals surface area (Å²) in [5, 5.41) is 6.74. The minimum atomic E-state index is 1.07. The average Bonchev–Trinajstić information content (AvgIpc) is 2.57. The highest BCUT2D eigenvalue weighted by Gasteiger charge is 2.06. The summed E-state index contributed by atoms with van der Waals surface area (Å²) in [6.07, 6.45) is 0. The Kier molecular flexibility index (Phi) is 3.88. The molecule has 0 unspecified atom stereocenters. The fourth-order valence-corrected chi connectivity index (χ4v) is 2.42. The van der Waals surface area contributed by atoms with Crippen LogP contribution in [0.25, 0.3) is 11.1 Å². The molecule has 0 bridgehead atoms. The van der Waals surface area contributed by atoms with E-state index < -0.39 is 0 Å². The molecule has 0 spiro atoms. The third-order valence-corrected chi connectivity index (χ3v) is 3.48. The van der Waals surface area contributed by atoms with Crippen LogP contribution < -0.4 is 10.6 Å². The number of para-hydroxylation sites is 3. The molecule has 0 aliphatic heterocycles. The minimum Gasteiger partial charge on any atom is -0.386 e. The highest BCUT2D eigenvalue weighted by molar-refractivity contribution is 5.84. The van der Waals surface area contributed by atoms with E-state index in [1.54, 1.807) is 0 Å². The van der Waals surface area contributed by atoms with Crippen LogP contribution in [0.1, 0.15) is 0 Å². The molecular weight excluding hydrogens is 256 g/mol. The molecule has 21 heavy (non-hydrogen) atoms. The standard InChI is InChI=1S/C19H18N2/c1-20-18-13-7-8-14-19(18)21-17-12-6-5-11-16(17)15-9-3-2-4-10-15/h2-14,20-21H,1H3. The lowest BCUT2D eigenvalue weighted by molar-refractivity contribution is 1.47. The maximum absolute atomic E-state index is 3.53. The van der Waals surface area contributed by atoms with E-state index in [9.17, 15) is 0 Å². The molecule has 3 aromatic carbocycles. The Bertz CT molecular complexity index is 720. The SMILES string of the molecule is CNc1ccccc1Nc1ccccc1-c1ccccc1. The number of hydrogen-bond donors (Lipinski definition) is 2. The molecule has 0 saturated heterocycles. The Morgan fingerprint density at radius 1 is 0.571 bits per heavy atom. The molecule has 3 rings (SSSR count). The first-order valence-corrected chi connectivity index (χ1v) is 7.07. The van der Waals surface area contributed by atoms with E-state index in [-0.39, 0.29) is 0 Å². The second-order valence-corrected chi connectivity index (χ2v) is 4.83. The Morgan fingerprint density at radius 2 is 1.14 bits per heavy atom. The van der Waals surface area contributed by atoms with Crippen LogP contribution in [-0.2, 0) is 0 Å². The summed E-state index contributed by atoms with van der Waals surface area (Å²) in [5.74, 6) is 0. The molecule has 0 fully saturated rings. The van der Waals surface area contributed by atoms with Gasteiger partial charge in [-0.3, -0.25) is 0 Å². The maximum atomic E-state index is 3.53. The summed E-state index contributed by atoms with van der Waals surface area (Å²) < 4.78 is 0. The topological polar surface area (TPSA) is 24.1 Å². The molecule has 0 aliphatic rings. The highest BCUT2D eigenvalue weighted by atomic mass is 14.9. The summed E-state index contributed by atoms with van der Waals surface area (Å²) >= 11 is 0. The van der Waals surface area contributed by atoms with Crippen molar-refractivity contribution in [3.05, 3.63) is 78.9 Å². The van der Waals surface area contributed by atoms with E-state index in [1.807, 2.05) is 25.2 Å². The molecule has 2 N–H and O–H groups in total. The van der Waals surface area contributed by atoms with Crippen LogP contribution in [0.15, 0.2) is 78.9 Å². The molecule has 104 valence electrons. The van der Waals surface area contributed by atoms with E-state index in [1.165, 1.54) is 11.1 Å². The largest absolute Gasteiger partial charge is 0.386 e. The zero-order chi connectivity index (χ0) is 14.5. The molecule has 0 amide bonds. The van der Waals surface area contributed by atoms with Gasteiger partial charge in [-0.25, -0.2) is 0 Å². The van der Waals surface area contributed by atoms with E-state index in [4.69, 9.17) is 0 Å². The Balaban J connectivity index is 2.00. The van der Waals surface area contributed by atoms with Crippen LogP contribution in [0.5, 0.6) is 0 Å². The Labute approximate surface area is 125 Å². The molecule has 0 radical (unpaired) electrons. The summed E-state index contributed by atoms with van der Waals surface area (Å²) in [4.78, 5) is 0. The molecule has 0 aliphatic carbocycles. The third-order valence-electron chi connectivity index (χ3n) is 3.48. The van der Waals surface area contributed by atoms with Crippen molar-refractivity contribution < 1.29 is 0 Å². The minimum absolute atomic E-state index is 1.07. The quantitative estimate of drug-likeness (QED) is 0.688. The lowest BCUT2D eigenvalue weighted by Crippen LogP contribution is -1.98. The summed E-state index contributed by atoms with van der Waals surface area (Å²) in [6, 6.07) is 27.0. The van der Waals surface area contributed by atoms with Gasteiger partial charge in [0.1, 0.15) is 0 Å². The normalized spacial score (nSPS) is 10.1. The van der Waals surface area contributed by atoms with Crippen molar-refractivity contribution in [2.75, 3.05) is 17.7 Å². The van der Waals surface area contributed by atoms with Gasteiger partial charge in [-0.1, -0.05) is 60.7 Å². The van der Waals surface area contributed by atoms with Crippen LogP contribution >= 0.6 is 0 Å². The third kappa shape index (κ3) is 2.90. The Hall–Kier alpha value is -2.74. The number of hydrogen-bond acceptors (Lipinski definition) is 2. The fourth-order valence-electron chi connectivity index (χ4n) is 2.42. The molecule has 0 aromatic heterocycles. The summed E-state index contributed by atoms with van der Waals surface area (Å²) in [7, 11) is 1.93. The van der Waals surface area contributed by atoms with Crippen molar-refractivity contribution in [2.24, 2.45) is 0 Å². The van der Waals surface area contributed by atoms with Gasteiger partial charge < -0.3 is 10.6 Å². The van der Waals surface area contributed by atoms with E-state index in [0.717, 1.165) is 17.1 Å². The first-order chi connectivity index (χ1) is 10.4. The summed E-state index contributed by atoms with van der Waals surface area (Å²) in [6.45, 7) is 0. The van der Waals surface area contributed by atoms with Crippen molar-refractivity contribution in [1.82, 2.24) is 0 Å². The molecule has 0 atom stereocenters. The van der Waals surface area contributed by atoms with Gasteiger partial charge in [0.15, 0.2) is 0 Å². The smallest absolute Gasteiger partial charge is 0.0620 e. The molecule has 3 aromatic rings. The van der Waals surface area contributed by atoms with Crippen LogP contribution in [-0.4, -0.2) is 7.05 Å².